The molecule has 0 fully saturated rings. The van der Waals surface area contributed by atoms with Crippen molar-refractivity contribution in [3.05, 3.63) is 87.9 Å². The average Bonchev–Trinajstić information content (AvgIpc) is 3.42. The van der Waals surface area contributed by atoms with E-state index in [1.165, 1.54) is 11.3 Å². The molecule has 0 bridgehead atoms. The second kappa shape index (κ2) is 8.09. The molecule has 3 heterocycles. The minimum Gasteiger partial charge on any atom is -0.460 e. The largest absolute Gasteiger partial charge is 0.460 e. The van der Waals surface area contributed by atoms with E-state index in [-0.39, 0.29) is 5.91 Å². The Balaban J connectivity index is 1.49. The predicted molar refractivity (Wildman–Crippen MR) is 127 cm³/mol. The number of carbonyl (C=O) groups is 1. The molecule has 0 radical (unpaired) electrons. The molecule has 5 nitrogen and oxygen atoms in total. The normalized spacial score (nSPS) is 11.0. The predicted octanol–water partition coefficient (Wildman–Crippen LogP) is 6.94. The Labute approximate surface area is 190 Å². The van der Waals surface area contributed by atoms with Crippen molar-refractivity contribution in [3.8, 4) is 22.7 Å². The molecule has 0 atom stereocenters. The van der Waals surface area contributed by atoms with Crippen LogP contribution < -0.4 is 5.32 Å². The fourth-order valence-electron chi connectivity index (χ4n) is 3.31. The van der Waals surface area contributed by atoms with Crippen molar-refractivity contribution in [1.82, 2.24) is 9.97 Å². The van der Waals surface area contributed by atoms with E-state index in [1.807, 2.05) is 73.0 Å². The van der Waals surface area contributed by atoms with Crippen molar-refractivity contribution in [2.75, 3.05) is 5.32 Å². The van der Waals surface area contributed by atoms with Gasteiger partial charge in [-0.05, 0) is 43.3 Å². The molecule has 1 N–H and O–H groups in total. The van der Waals surface area contributed by atoms with Gasteiger partial charge in [-0.15, -0.1) is 11.3 Å². The number of halogens is 1. The first-order chi connectivity index (χ1) is 15.1. The summed E-state index contributed by atoms with van der Waals surface area (Å²) in [5, 5.41) is 6.18. The van der Waals surface area contributed by atoms with Crippen molar-refractivity contribution in [2.45, 2.75) is 6.92 Å². The number of nitrogens with zero attached hydrogens (tertiary/aromatic N) is 2. The lowest BCUT2D eigenvalue weighted by Gasteiger charge is -2.08. The second-order valence-corrected chi connectivity index (χ2v) is 8.76. The van der Waals surface area contributed by atoms with E-state index in [4.69, 9.17) is 4.42 Å². The standard InChI is InChI=1S/C24H16BrN3O2S/c1-14-6-11-22(30-14)20-12-18(17-4-2-3-5-19(17)26-20)23(29)28-24-27-21(13-31-24)15-7-9-16(25)10-8-15/h2-13H,1H3,(H,27,28,29). The first kappa shape index (κ1) is 19.7. The molecule has 0 aliphatic heterocycles. The number of furan rings is 1. The fourth-order valence-corrected chi connectivity index (χ4v) is 4.29. The maximum atomic E-state index is 13.2. The summed E-state index contributed by atoms with van der Waals surface area (Å²) in [6.07, 6.45) is 0. The number of para-hydroxylation sites is 1. The molecule has 5 rings (SSSR count). The van der Waals surface area contributed by atoms with Gasteiger partial charge in [-0.2, -0.15) is 0 Å². The van der Waals surface area contributed by atoms with E-state index in [9.17, 15) is 4.79 Å². The summed E-state index contributed by atoms with van der Waals surface area (Å²) in [6, 6.07) is 21.0. The van der Waals surface area contributed by atoms with Gasteiger partial charge < -0.3 is 4.42 Å². The lowest BCUT2D eigenvalue weighted by Crippen LogP contribution is -2.13. The molecular formula is C24H16BrN3O2S. The zero-order valence-corrected chi connectivity index (χ0v) is 18.8. The van der Waals surface area contributed by atoms with Crippen LogP contribution in [0.4, 0.5) is 5.13 Å². The highest BCUT2D eigenvalue weighted by molar-refractivity contribution is 9.10. The number of hydrogen-bond donors (Lipinski definition) is 1. The van der Waals surface area contributed by atoms with Gasteiger partial charge in [0.2, 0.25) is 0 Å². The molecule has 152 valence electrons. The van der Waals surface area contributed by atoms with Gasteiger partial charge >= 0.3 is 0 Å². The Bertz CT molecular complexity index is 1410. The molecular weight excluding hydrogens is 474 g/mol. The van der Waals surface area contributed by atoms with E-state index < -0.39 is 0 Å². The number of anilines is 1. The number of carbonyl (C=O) groups excluding carboxylic acids is 1. The second-order valence-electron chi connectivity index (χ2n) is 6.98. The van der Waals surface area contributed by atoms with Crippen LogP contribution in [0.15, 0.2) is 81.0 Å². The quantitative estimate of drug-likeness (QED) is 0.296. The zero-order chi connectivity index (χ0) is 21.4. The number of thiazole rings is 1. The minimum atomic E-state index is -0.236. The maximum absolute atomic E-state index is 13.2. The van der Waals surface area contributed by atoms with Crippen molar-refractivity contribution < 1.29 is 9.21 Å². The van der Waals surface area contributed by atoms with E-state index in [1.54, 1.807) is 6.07 Å². The molecule has 0 unspecified atom stereocenters. The summed E-state index contributed by atoms with van der Waals surface area (Å²) in [7, 11) is 0. The fraction of sp³-hybridized carbons (Fsp3) is 0.0417. The first-order valence-corrected chi connectivity index (χ1v) is 11.2. The highest BCUT2D eigenvalue weighted by Crippen LogP contribution is 2.29. The molecule has 0 aliphatic rings. The van der Waals surface area contributed by atoms with Gasteiger partial charge in [0, 0.05) is 20.8 Å². The van der Waals surface area contributed by atoms with E-state index in [0.29, 0.717) is 22.1 Å². The SMILES string of the molecule is Cc1ccc(-c2cc(C(=O)Nc3nc(-c4ccc(Br)cc4)cs3)c3ccccc3n2)o1. The molecule has 7 heteroatoms. The highest BCUT2D eigenvalue weighted by atomic mass is 79.9. The van der Waals surface area contributed by atoms with Crippen LogP contribution in [0.2, 0.25) is 0 Å². The van der Waals surface area contributed by atoms with Gasteiger partial charge in [0.25, 0.3) is 5.91 Å². The number of pyridine rings is 1. The molecule has 0 saturated heterocycles. The van der Waals surface area contributed by atoms with E-state index >= 15 is 0 Å². The molecule has 0 aliphatic carbocycles. The lowest BCUT2D eigenvalue weighted by atomic mass is 10.1. The van der Waals surface area contributed by atoms with Crippen LogP contribution in [-0.2, 0) is 0 Å². The number of fused-ring (bicyclic) bond motifs is 1. The number of nitrogens with one attached hydrogen (secondary N) is 1. The van der Waals surface area contributed by atoms with Crippen LogP contribution in [0.3, 0.4) is 0 Å². The Hall–Kier alpha value is -3.29. The third kappa shape index (κ3) is 4.02. The molecule has 5 aromatic rings. The summed E-state index contributed by atoms with van der Waals surface area (Å²) >= 11 is 4.83. The summed E-state index contributed by atoms with van der Waals surface area (Å²) < 4.78 is 6.73. The first-order valence-electron chi connectivity index (χ1n) is 9.56. The lowest BCUT2D eigenvalue weighted by molar-refractivity contribution is 0.102. The Morgan fingerprint density at radius 3 is 2.58 bits per heavy atom. The van der Waals surface area contributed by atoms with Crippen LogP contribution >= 0.6 is 27.3 Å². The number of benzene rings is 2. The highest BCUT2D eigenvalue weighted by Gasteiger charge is 2.17. The van der Waals surface area contributed by atoms with Crippen molar-refractivity contribution in [3.63, 3.8) is 0 Å². The Morgan fingerprint density at radius 2 is 1.81 bits per heavy atom. The third-order valence-electron chi connectivity index (χ3n) is 4.82. The number of rotatable bonds is 4. The average molecular weight is 490 g/mol. The van der Waals surface area contributed by atoms with Crippen LogP contribution in [0.25, 0.3) is 33.6 Å². The van der Waals surface area contributed by atoms with Crippen molar-refractivity contribution in [1.29, 1.82) is 0 Å². The van der Waals surface area contributed by atoms with Crippen LogP contribution in [0, 0.1) is 6.92 Å². The monoisotopic (exact) mass is 489 g/mol. The van der Waals surface area contributed by atoms with Gasteiger partial charge in [-0.25, -0.2) is 9.97 Å². The number of aromatic nitrogens is 2. The van der Waals surface area contributed by atoms with Crippen molar-refractivity contribution >= 4 is 49.2 Å². The maximum Gasteiger partial charge on any atom is 0.258 e. The summed E-state index contributed by atoms with van der Waals surface area (Å²) in [5.41, 5.74) is 3.68. The molecule has 0 spiro atoms. The van der Waals surface area contributed by atoms with Crippen LogP contribution in [-0.4, -0.2) is 15.9 Å². The summed E-state index contributed by atoms with van der Waals surface area (Å²) in [6.45, 7) is 1.88. The van der Waals surface area contributed by atoms with Crippen LogP contribution in [0.5, 0.6) is 0 Å². The third-order valence-corrected chi connectivity index (χ3v) is 6.10. The van der Waals surface area contributed by atoms with E-state index in [0.717, 1.165) is 32.4 Å². The molecule has 1 amide bonds. The smallest absolute Gasteiger partial charge is 0.258 e. The topological polar surface area (TPSA) is 68.0 Å². The van der Waals surface area contributed by atoms with Gasteiger partial charge in [-0.3, -0.25) is 10.1 Å². The number of aryl methyl sites for hydroxylation is 1. The van der Waals surface area contributed by atoms with Gasteiger partial charge in [0.15, 0.2) is 10.9 Å². The molecule has 31 heavy (non-hydrogen) atoms. The van der Waals surface area contributed by atoms with Crippen molar-refractivity contribution in [2.24, 2.45) is 0 Å². The van der Waals surface area contributed by atoms with Crippen LogP contribution in [0.1, 0.15) is 16.1 Å². The van der Waals surface area contributed by atoms with Gasteiger partial charge in [-0.1, -0.05) is 46.3 Å². The molecule has 3 aromatic heterocycles. The molecule has 0 saturated carbocycles. The Kier molecular flexibility index (Phi) is 5.13. The number of hydrogen-bond acceptors (Lipinski definition) is 5. The Morgan fingerprint density at radius 1 is 1.00 bits per heavy atom. The van der Waals surface area contributed by atoms with Gasteiger partial charge in [0.05, 0.1) is 16.8 Å². The van der Waals surface area contributed by atoms with E-state index in [2.05, 4.69) is 31.2 Å². The summed E-state index contributed by atoms with van der Waals surface area (Å²) in [5.74, 6) is 1.18. The number of amides is 1. The zero-order valence-electron chi connectivity index (χ0n) is 16.4. The summed E-state index contributed by atoms with van der Waals surface area (Å²) in [4.78, 5) is 22.4. The molecule has 2 aromatic carbocycles. The minimum absolute atomic E-state index is 0.236. The van der Waals surface area contributed by atoms with Gasteiger partial charge in [0.1, 0.15) is 11.5 Å².